The van der Waals surface area contributed by atoms with Crippen LogP contribution in [-0.4, -0.2) is 18.8 Å². The Balaban J connectivity index is 0.000000220. The first-order valence-corrected chi connectivity index (χ1v) is 14.5. The minimum absolute atomic E-state index is 0. The quantitative estimate of drug-likeness (QED) is 0.158. The number of rotatable bonds is 2. The van der Waals surface area contributed by atoms with Crippen LogP contribution >= 0.6 is 0 Å². The molecule has 0 amide bonds. The minimum Gasteiger partial charge on any atom is -0.684 e. The van der Waals surface area contributed by atoms with Crippen molar-refractivity contribution in [3.63, 3.8) is 0 Å². The molecule has 2 atom stereocenters. The standard InChI is InChI=1S/C17H23N2.3C7H7.Zr/c1-13-6-2-3-10-16(13)19-12-15-8-4-7-14-9-5-11-18-17(14)15;3*1-7-5-3-2-4-6-7;/h4,7-8,12-13,16H,2-3,5-6,9-11H2,1H3;3*2-6H,1H2;/q4*-1;+4. The van der Waals surface area contributed by atoms with Crippen LogP contribution in [0.5, 0.6) is 0 Å². The van der Waals surface area contributed by atoms with Crippen molar-refractivity contribution in [3.8, 4) is 0 Å². The summed E-state index contributed by atoms with van der Waals surface area (Å²) in [4.78, 5) is 4.86. The molecule has 0 saturated heterocycles. The van der Waals surface area contributed by atoms with E-state index in [1.54, 1.807) is 0 Å². The van der Waals surface area contributed by atoms with Crippen LogP contribution in [-0.2, 0) is 32.6 Å². The summed E-state index contributed by atoms with van der Waals surface area (Å²) in [5, 5.41) is 4.68. The monoisotopic (exact) mass is 618 g/mol. The Morgan fingerprint density at radius 3 is 1.63 bits per heavy atom. The number of benzene rings is 4. The minimum atomic E-state index is 0. The average molecular weight is 620 g/mol. The molecule has 1 aliphatic heterocycles. The van der Waals surface area contributed by atoms with Crippen molar-refractivity contribution in [1.82, 2.24) is 0 Å². The van der Waals surface area contributed by atoms with Crippen LogP contribution in [0.3, 0.4) is 0 Å². The molecule has 1 fully saturated rings. The molecule has 2 nitrogen and oxygen atoms in total. The van der Waals surface area contributed by atoms with Crippen molar-refractivity contribution >= 4 is 11.9 Å². The number of aliphatic imine (C=N–C) groups is 1. The van der Waals surface area contributed by atoms with Crippen LogP contribution in [0.2, 0.25) is 0 Å². The molecule has 4 aromatic carbocycles. The molecule has 0 N–H and O–H groups in total. The van der Waals surface area contributed by atoms with Gasteiger partial charge in [0.25, 0.3) is 0 Å². The molecule has 6 rings (SSSR count). The zero-order valence-electron chi connectivity index (χ0n) is 24.6. The fourth-order valence-electron chi connectivity index (χ4n) is 4.70. The molecule has 4 aromatic rings. The number of hydrogen-bond acceptors (Lipinski definition) is 1. The van der Waals surface area contributed by atoms with Crippen molar-refractivity contribution in [3.05, 3.63) is 163 Å². The van der Waals surface area contributed by atoms with Crippen LogP contribution in [0.4, 0.5) is 5.69 Å². The number of aryl methyl sites for hydroxylation is 1. The summed E-state index contributed by atoms with van der Waals surface area (Å²) in [5.74, 6) is 0.737. The maximum Gasteiger partial charge on any atom is 4.00 e. The van der Waals surface area contributed by atoms with Crippen LogP contribution < -0.4 is 0 Å². The van der Waals surface area contributed by atoms with Crippen LogP contribution in [0.1, 0.15) is 66.8 Å². The van der Waals surface area contributed by atoms with Gasteiger partial charge in [0.05, 0.1) is 6.04 Å². The molecule has 1 heterocycles. The van der Waals surface area contributed by atoms with E-state index < -0.39 is 0 Å². The predicted octanol–water partition coefficient (Wildman–Crippen LogP) is 10.2. The third-order valence-corrected chi connectivity index (χ3v) is 7.02. The third-order valence-electron chi connectivity index (χ3n) is 7.02. The van der Waals surface area contributed by atoms with Gasteiger partial charge in [0.15, 0.2) is 0 Å². The maximum absolute atomic E-state index is 4.86. The Bertz CT molecular complexity index is 1150. The van der Waals surface area contributed by atoms with Crippen molar-refractivity contribution in [1.29, 1.82) is 0 Å². The van der Waals surface area contributed by atoms with E-state index in [9.17, 15) is 0 Å². The second kappa shape index (κ2) is 19.8. The predicted molar refractivity (Wildman–Crippen MR) is 174 cm³/mol. The molecule has 0 radical (unpaired) electrons. The Morgan fingerprint density at radius 2 is 1.17 bits per heavy atom. The normalized spacial score (nSPS) is 16.9. The molecule has 2 aliphatic rings. The molecule has 41 heavy (non-hydrogen) atoms. The van der Waals surface area contributed by atoms with Crippen molar-refractivity contribution in [2.45, 2.75) is 51.5 Å². The van der Waals surface area contributed by atoms with Gasteiger partial charge in [-0.25, -0.2) is 0 Å². The summed E-state index contributed by atoms with van der Waals surface area (Å²) in [7, 11) is 0. The van der Waals surface area contributed by atoms with Gasteiger partial charge in [-0.15, -0.1) is 48.6 Å². The summed E-state index contributed by atoms with van der Waals surface area (Å²) >= 11 is 0. The number of para-hydroxylation sites is 1. The molecule has 3 heteroatoms. The van der Waals surface area contributed by atoms with Gasteiger partial charge in [0.1, 0.15) is 0 Å². The number of fused-ring (bicyclic) bond motifs is 1. The second-order valence-corrected chi connectivity index (χ2v) is 10.4. The van der Waals surface area contributed by atoms with E-state index in [0.29, 0.717) is 6.04 Å². The van der Waals surface area contributed by atoms with E-state index in [2.05, 4.69) is 57.4 Å². The molecule has 1 aliphatic carbocycles. The van der Waals surface area contributed by atoms with E-state index >= 15 is 0 Å². The fraction of sp³-hybridized carbons (Fsp3) is 0.263. The summed E-state index contributed by atoms with van der Waals surface area (Å²) in [5.41, 5.74) is 7.02. The summed E-state index contributed by atoms with van der Waals surface area (Å²) in [6.45, 7) is 14.5. The van der Waals surface area contributed by atoms with Crippen molar-refractivity contribution in [2.24, 2.45) is 10.9 Å². The van der Waals surface area contributed by atoms with Gasteiger partial charge in [0.2, 0.25) is 0 Å². The van der Waals surface area contributed by atoms with E-state index in [-0.39, 0.29) is 26.2 Å². The Hall–Kier alpha value is -3.16. The smallest absolute Gasteiger partial charge is 0.684 e. The average Bonchev–Trinajstić information content (AvgIpc) is 2.99. The van der Waals surface area contributed by atoms with E-state index in [1.807, 2.05) is 91.0 Å². The third kappa shape index (κ3) is 13.4. The zero-order valence-corrected chi connectivity index (χ0v) is 27.0. The summed E-state index contributed by atoms with van der Waals surface area (Å²) < 4.78 is 0. The first kappa shape index (κ1) is 34.0. The Kier molecular flexibility index (Phi) is 16.5. The molecular weight excluding hydrogens is 576 g/mol. The molecule has 0 aromatic heterocycles. The number of nitrogens with zero attached hydrogens (tertiary/aromatic N) is 2. The SMILES string of the molecule is CC1CCCCC1N=Cc1cccc2c1[N-]CCC2.[CH2-]c1ccccc1.[CH2-]c1ccccc1.[CH2-]c1ccccc1.[Zr+4]. The zero-order chi connectivity index (χ0) is 28.4. The van der Waals surface area contributed by atoms with E-state index in [4.69, 9.17) is 4.99 Å². The number of hydrogen-bond donors (Lipinski definition) is 0. The molecule has 2 unspecified atom stereocenters. The molecular formula is C38H44N2Zr. The second-order valence-electron chi connectivity index (χ2n) is 10.4. The summed E-state index contributed by atoms with van der Waals surface area (Å²) in [6, 6.07) is 36.7. The van der Waals surface area contributed by atoms with Crippen LogP contribution in [0.15, 0.2) is 114 Å². The van der Waals surface area contributed by atoms with Gasteiger partial charge >= 0.3 is 26.2 Å². The first-order chi connectivity index (χ1) is 19.5. The topological polar surface area (TPSA) is 26.5 Å². The Labute approximate surface area is 268 Å². The summed E-state index contributed by atoms with van der Waals surface area (Å²) in [6.07, 6.45) is 9.74. The Morgan fingerprint density at radius 1 is 0.659 bits per heavy atom. The van der Waals surface area contributed by atoms with E-state index in [1.165, 1.54) is 55.3 Å². The van der Waals surface area contributed by atoms with Crippen molar-refractivity contribution in [2.75, 3.05) is 6.54 Å². The molecule has 210 valence electrons. The van der Waals surface area contributed by atoms with Gasteiger partial charge in [-0.2, -0.15) is 73.9 Å². The first-order valence-electron chi connectivity index (χ1n) is 14.5. The van der Waals surface area contributed by atoms with Gasteiger partial charge in [-0.3, -0.25) is 4.99 Å². The molecule has 0 spiro atoms. The molecule has 0 bridgehead atoms. The van der Waals surface area contributed by atoms with Crippen molar-refractivity contribution < 1.29 is 26.2 Å². The van der Waals surface area contributed by atoms with Gasteiger partial charge in [-0.05, 0) is 30.7 Å². The fourth-order valence-corrected chi connectivity index (χ4v) is 4.70. The van der Waals surface area contributed by atoms with Crippen LogP contribution in [0, 0.1) is 26.7 Å². The van der Waals surface area contributed by atoms with Crippen LogP contribution in [0.25, 0.3) is 5.32 Å². The maximum atomic E-state index is 4.86. The van der Waals surface area contributed by atoms with Gasteiger partial charge in [0, 0.05) is 6.21 Å². The molecule has 1 saturated carbocycles. The van der Waals surface area contributed by atoms with E-state index in [0.717, 1.165) is 29.2 Å². The van der Waals surface area contributed by atoms with Gasteiger partial charge < -0.3 is 5.32 Å². The van der Waals surface area contributed by atoms with Gasteiger partial charge in [-0.1, -0.05) is 68.1 Å². The largest absolute Gasteiger partial charge is 4.00 e.